The van der Waals surface area contributed by atoms with Crippen LogP contribution < -0.4 is 10.1 Å². The molecule has 112 valence electrons. The molecule has 3 heteroatoms. The average molecular weight is 277 g/mol. The van der Waals surface area contributed by atoms with E-state index in [0.29, 0.717) is 19.3 Å². The maximum Gasteiger partial charge on any atom is 0.119 e. The zero-order valence-electron chi connectivity index (χ0n) is 12.7. The fourth-order valence-corrected chi connectivity index (χ4v) is 2.72. The van der Waals surface area contributed by atoms with Crippen LogP contribution in [-0.2, 0) is 4.74 Å². The van der Waals surface area contributed by atoms with Gasteiger partial charge in [-0.15, -0.1) is 0 Å². The second-order valence-corrected chi connectivity index (χ2v) is 5.94. The minimum absolute atomic E-state index is 0.0321. The predicted octanol–water partition coefficient (Wildman–Crippen LogP) is 3.39. The second kappa shape index (κ2) is 7.65. The van der Waals surface area contributed by atoms with Crippen molar-refractivity contribution in [3.05, 3.63) is 30.3 Å². The summed E-state index contributed by atoms with van der Waals surface area (Å²) in [5.74, 6) is 0.914. The molecule has 1 aromatic carbocycles. The van der Waals surface area contributed by atoms with Gasteiger partial charge in [0.05, 0.1) is 12.2 Å². The lowest BCUT2D eigenvalue weighted by Gasteiger charge is -2.30. The van der Waals surface area contributed by atoms with Crippen LogP contribution in [0, 0.1) is 0 Å². The van der Waals surface area contributed by atoms with Crippen molar-refractivity contribution in [1.82, 2.24) is 5.32 Å². The molecule has 1 aliphatic rings. The van der Waals surface area contributed by atoms with Crippen LogP contribution in [0.4, 0.5) is 0 Å². The molecule has 1 N–H and O–H groups in total. The Hall–Kier alpha value is -1.06. The molecule has 0 spiro atoms. The number of ether oxygens (including phenoxy) is 2. The zero-order valence-corrected chi connectivity index (χ0v) is 12.7. The molecule has 0 atom stereocenters. The van der Waals surface area contributed by atoms with E-state index in [2.05, 4.69) is 19.2 Å². The summed E-state index contributed by atoms with van der Waals surface area (Å²) in [6.45, 7) is 6.60. The molecule has 0 aliphatic heterocycles. The van der Waals surface area contributed by atoms with Crippen LogP contribution >= 0.6 is 0 Å². The van der Waals surface area contributed by atoms with Crippen LogP contribution in [0.2, 0.25) is 0 Å². The van der Waals surface area contributed by atoms with Crippen LogP contribution in [0.15, 0.2) is 30.3 Å². The third-order valence-corrected chi connectivity index (χ3v) is 3.85. The molecule has 0 unspecified atom stereocenters. The van der Waals surface area contributed by atoms with Gasteiger partial charge in [0.15, 0.2) is 0 Å². The standard InChI is InChI=1S/C17H27NO2/c1-15(2)18-14-17(10-6-7-11-17)20-13-12-19-16-8-4-3-5-9-16/h3-5,8-9,15,18H,6-7,10-14H2,1-2H3. The molecular formula is C17H27NO2. The van der Waals surface area contributed by atoms with Gasteiger partial charge in [0, 0.05) is 12.6 Å². The third kappa shape index (κ3) is 4.80. The largest absolute Gasteiger partial charge is 0.491 e. The van der Waals surface area contributed by atoms with Gasteiger partial charge in [0.25, 0.3) is 0 Å². The predicted molar refractivity (Wildman–Crippen MR) is 82.2 cm³/mol. The van der Waals surface area contributed by atoms with Crippen molar-refractivity contribution in [3.8, 4) is 5.75 Å². The fraction of sp³-hybridized carbons (Fsp3) is 0.647. The summed E-state index contributed by atoms with van der Waals surface area (Å²) in [6, 6.07) is 10.4. The number of rotatable bonds is 8. The smallest absolute Gasteiger partial charge is 0.119 e. The highest BCUT2D eigenvalue weighted by Gasteiger charge is 2.34. The molecule has 0 aromatic heterocycles. The topological polar surface area (TPSA) is 30.5 Å². The van der Waals surface area contributed by atoms with Crippen molar-refractivity contribution in [2.24, 2.45) is 0 Å². The Morgan fingerprint density at radius 2 is 1.80 bits per heavy atom. The van der Waals surface area contributed by atoms with Crippen LogP contribution in [0.5, 0.6) is 5.75 Å². The van der Waals surface area contributed by atoms with E-state index in [1.165, 1.54) is 12.8 Å². The molecule has 1 saturated carbocycles. The Morgan fingerprint density at radius 1 is 1.10 bits per heavy atom. The van der Waals surface area contributed by atoms with E-state index in [9.17, 15) is 0 Å². The van der Waals surface area contributed by atoms with Crippen molar-refractivity contribution in [3.63, 3.8) is 0 Å². The van der Waals surface area contributed by atoms with Crippen molar-refractivity contribution in [2.75, 3.05) is 19.8 Å². The van der Waals surface area contributed by atoms with E-state index in [1.807, 2.05) is 30.3 Å². The number of para-hydroxylation sites is 1. The third-order valence-electron chi connectivity index (χ3n) is 3.85. The molecule has 0 bridgehead atoms. The molecule has 20 heavy (non-hydrogen) atoms. The summed E-state index contributed by atoms with van der Waals surface area (Å²) in [6.07, 6.45) is 4.88. The highest BCUT2D eigenvalue weighted by Crippen LogP contribution is 2.32. The first-order valence-electron chi connectivity index (χ1n) is 7.75. The van der Waals surface area contributed by atoms with Gasteiger partial charge in [-0.3, -0.25) is 0 Å². The van der Waals surface area contributed by atoms with Crippen molar-refractivity contribution < 1.29 is 9.47 Å². The SMILES string of the molecule is CC(C)NCC1(OCCOc2ccccc2)CCCC1. The Morgan fingerprint density at radius 3 is 2.45 bits per heavy atom. The number of benzene rings is 1. The molecule has 1 fully saturated rings. The van der Waals surface area contributed by atoms with Crippen LogP contribution in [-0.4, -0.2) is 31.4 Å². The van der Waals surface area contributed by atoms with Crippen molar-refractivity contribution in [1.29, 1.82) is 0 Å². The highest BCUT2D eigenvalue weighted by atomic mass is 16.5. The van der Waals surface area contributed by atoms with E-state index >= 15 is 0 Å². The fourth-order valence-electron chi connectivity index (χ4n) is 2.72. The summed E-state index contributed by atoms with van der Waals surface area (Å²) in [5, 5.41) is 3.52. The van der Waals surface area contributed by atoms with Gasteiger partial charge in [0.1, 0.15) is 12.4 Å². The van der Waals surface area contributed by atoms with Gasteiger partial charge < -0.3 is 14.8 Å². The van der Waals surface area contributed by atoms with Crippen LogP contribution in [0.3, 0.4) is 0 Å². The first-order chi connectivity index (χ1) is 9.70. The first kappa shape index (κ1) is 15.3. The maximum absolute atomic E-state index is 6.18. The quantitative estimate of drug-likeness (QED) is 0.739. The Bertz CT molecular complexity index is 372. The molecule has 1 aliphatic carbocycles. The van der Waals surface area contributed by atoms with E-state index < -0.39 is 0 Å². The number of hydrogen-bond donors (Lipinski definition) is 1. The number of hydrogen-bond acceptors (Lipinski definition) is 3. The van der Waals surface area contributed by atoms with E-state index in [-0.39, 0.29) is 5.60 Å². The van der Waals surface area contributed by atoms with Crippen LogP contribution in [0.1, 0.15) is 39.5 Å². The summed E-state index contributed by atoms with van der Waals surface area (Å²) < 4.78 is 11.9. The Balaban J connectivity index is 1.72. The normalized spacial score (nSPS) is 17.6. The highest BCUT2D eigenvalue weighted by molar-refractivity contribution is 5.20. The molecule has 3 nitrogen and oxygen atoms in total. The zero-order chi connectivity index (χ0) is 14.3. The van der Waals surface area contributed by atoms with Crippen molar-refractivity contribution >= 4 is 0 Å². The van der Waals surface area contributed by atoms with Gasteiger partial charge >= 0.3 is 0 Å². The minimum atomic E-state index is 0.0321. The summed E-state index contributed by atoms with van der Waals surface area (Å²) in [5.41, 5.74) is 0.0321. The van der Waals surface area contributed by atoms with Gasteiger partial charge in [-0.25, -0.2) is 0 Å². The summed E-state index contributed by atoms with van der Waals surface area (Å²) in [7, 11) is 0. The van der Waals surface area contributed by atoms with Gasteiger partial charge in [-0.1, -0.05) is 44.9 Å². The molecule has 2 rings (SSSR count). The van der Waals surface area contributed by atoms with Gasteiger partial charge in [-0.05, 0) is 25.0 Å². The molecule has 0 amide bonds. The van der Waals surface area contributed by atoms with Crippen LogP contribution in [0.25, 0.3) is 0 Å². The molecule has 0 heterocycles. The van der Waals surface area contributed by atoms with E-state index in [0.717, 1.165) is 25.1 Å². The minimum Gasteiger partial charge on any atom is -0.491 e. The Kier molecular flexibility index (Phi) is 5.86. The maximum atomic E-state index is 6.18. The monoisotopic (exact) mass is 277 g/mol. The van der Waals surface area contributed by atoms with Gasteiger partial charge in [0.2, 0.25) is 0 Å². The lowest BCUT2D eigenvalue weighted by atomic mass is 10.0. The first-order valence-corrected chi connectivity index (χ1v) is 7.75. The summed E-state index contributed by atoms with van der Waals surface area (Å²) >= 11 is 0. The summed E-state index contributed by atoms with van der Waals surface area (Å²) in [4.78, 5) is 0. The lowest BCUT2D eigenvalue weighted by molar-refractivity contribution is -0.0503. The average Bonchev–Trinajstić information content (AvgIpc) is 2.92. The number of nitrogens with one attached hydrogen (secondary N) is 1. The van der Waals surface area contributed by atoms with Gasteiger partial charge in [-0.2, -0.15) is 0 Å². The Labute approximate surface area is 122 Å². The lowest BCUT2D eigenvalue weighted by Crippen LogP contribution is -2.43. The molecule has 0 radical (unpaired) electrons. The second-order valence-electron chi connectivity index (χ2n) is 5.94. The molecule has 1 aromatic rings. The van der Waals surface area contributed by atoms with Crippen molar-refractivity contribution in [2.45, 2.75) is 51.2 Å². The molecular weight excluding hydrogens is 250 g/mol. The van der Waals surface area contributed by atoms with E-state index in [4.69, 9.17) is 9.47 Å². The van der Waals surface area contributed by atoms with E-state index in [1.54, 1.807) is 0 Å². The molecule has 0 saturated heterocycles.